The predicted molar refractivity (Wildman–Crippen MR) is 76.8 cm³/mol. The minimum absolute atomic E-state index is 0.121. The summed E-state index contributed by atoms with van der Waals surface area (Å²) >= 11 is 1.27. The minimum atomic E-state index is -1.00. The van der Waals surface area contributed by atoms with E-state index in [2.05, 4.69) is 5.32 Å². The highest BCUT2D eigenvalue weighted by atomic mass is 32.1. The van der Waals surface area contributed by atoms with Gasteiger partial charge in [-0.2, -0.15) is 0 Å². The molecule has 1 amide bonds. The number of hydrogen-bond acceptors (Lipinski definition) is 4. The number of carboxylic acid groups (broad SMARTS) is 1. The van der Waals surface area contributed by atoms with Gasteiger partial charge in [0, 0.05) is 30.0 Å². The molecule has 0 radical (unpaired) electrons. The Morgan fingerprint density at radius 1 is 1.55 bits per heavy atom. The molecule has 2 rings (SSSR count). The zero-order valence-electron chi connectivity index (χ0n) is 11.2. The van der Waals surface area contributed by atoms with E-state index in [9.17, 15) is 9.59 Å². The van der Waals surface area contributed by atoms with E-state index in [0.717, 1.165) is 24.0 Å². The molecule has 0 aromatic carbocycles. The number of ether oxygens (including phenoxy) is 1. The first-order valence-corrected chi connectivity index (χ1v) is 7.28. The van der Waals surface area contributed by atoms with Crippen LogP contribution in [0.25, 0.3) is 6.08 Å². The SMILES string of the molecule is CC1OCCC1CNC(=O)c1ccc(/C=C/C(=O)O)s1. The first-order chi connectivity index (χ1) is 9.56. The van der Waals surface area contributed by atoms with Crippen molar-refractivity contribution in [1.29, 1.82) is 0 Å². The van der Waals surface area contributed by atoms with Gasteiger partial charge in [0.15, 0.2) is 0 Å². The van der Waals surface area contributed by atoms with Crippen LogP contribution >= 0.6 is 11.3 Å². The second-order valence-electron chi connectivity index (χ2n) is 4.71. The molecule has 1 fully saturated rings. The molecule has 0 saturated carbocycles. The molecule has 1 aliphatic heterocycles. The summed E-state index contributed by atoms with van der Waals surface area (Å²) in [6.07, 6.45) is 3.70. The zero-order chi connectivity index (χ0) is 14.5. The van der Waals surface area contributed by atoms with Gasteiger partial charge in [-0.15, -0.1) is 11.3 Å². The van der Waals surface area contributed by atoms with E-state index in [0.29, 0.717) is 17.3 Å². The van der Waals surface area contributed by atoms with Gasteiger partial charge in [0.1, 0.15) is 0 Å². The van der Waals surface area contributed by atoms with Crippen LogP contribution in [-0.4, -0.2) is 36.2 Å². The van der Waals surface area contributed by atoms with Crippen molar-refractivity contribution in [2.24, 2.45) is 5.92 Å². The lowest BCUT2D eigenvalue weighted by molar-refractivity contribution is -0.131. The van der Waals surface area contributed by atoms with Crippen LogP contribution in [0.15, 0.2) is 18.2 Å². The van der Waals surface area contributed by atoms with E-state index in [1.54, 1.807) is 12.1 Å². The lowest BCUT2D eigenvalue weighted by Crippen LogP contribution is -2.31. The summed E-state index contributed by atoms with van der Waals surface area (Å²) < 4.78 is 5.45. The molecule has 0 aliphatic carbocycles. The maximum Gasteiger partial charge on any atom is 0.328 e. The van der Waals surface area contributed by atoms with Crippen LogP contribution in [0.5, 0.6) is 0 Å². The summed E-state index contributed by atoms with van der Waals surface area (Å²) in [6.45, 7) is 3.38. The van der Waals surface area contributed by atoms with E-state index in [1.807, 2.05) is 6.92 Å². The van der Waals surface area contributed by atoms with Gasteiger partial charge in [-0.1, -0.05) is 0 Å². The molecule has 0 bridgehead atoms. The minimum Gasteiger partial charge on any atom is -0.478 e. The molecular formula is C14H17NO4S. The highest BCUT2D eigenvalue weighted by molar-refractivity contribution is 7.14. The molecule has 1 aromatic heterocycles. The summed E-state index contributed by atoms with van der Waals surface area (Å²) in [5, 5.41) is 11.4. The van der Waals surface area contributed by atoms with E-state index < -0.39 is 5.97 Å². The zero-order valence-corrected chi connectivity index (χ0v) is 12.0. The normalized spacial score (nSPS) is 22.2. The van der Waals surface area contributed by atoms with Crippen molar-refractivity contribution >= 4 is 29.3 Å². The molecule has 108 valence electrons. The highest BCUT2D eigenvalue weighted by Crippen LogP contribution is 2.21. The van der Waals surface area contributed by atoms with Crippen LogP contribution in [0.4, 0.5) is 0 Å². The molecule has 1 aliphatic rings. The lowest BCUT2D eigenvalue weighted by Gasteiger charge is -2.14. The van der Waals surface area contributed by atoms with Gasteiger partial charge in [-0.05, 0) is 31.6 Å². The van der Waals surface area contributed by atoms with E-state index in [-0.39, 0.29) is 12.0 Å². The Labute approximate surface area is 121 Å². The fraction of sp³-hybridized carbons (Fsp3) is 0.429. The number of amides is 1. The molecule has 2 atom stereocenters. The largest absolute Gasteiger partial charge is 0.478 e. The van der Waals surface area contributed by atoms with Crippen LogP contribution in [-0.2, 0) is 9.53 Å². The molecule has 2 unspecified atom stereocenters. The first-order valence-electron chi connectivity index (χ1n) is 6.47. The van der Waals surface area contributed by atoms with Gasteiger partial charge in [0.25, 0.3) is 5.91 Å². The van der Waals surface area contributed by atoms with Crippen molar-refractivity contribution in [1.82, 2.24) is 5.32 Å². The van der Waals surface area contributed by atoms with Gasteiger partial charge in [0.2, 0.25) is 0 Å². The molecule has 0 spiro atoms. The van der Waals surface area contributed by atoms with Crippen LogP contribution in [0.1, 0.15) is 27.9 Å². The Hall–Kier alpha value is -1.66. The maximum absolute atomic E-state index is 12.0. The summed E-state index contributed by atoms with van der Waals surface area (Å²) in [4.78, 5) is 23.7. The molecule has 6 heteroatoms. The number of thiophene rings is 1. The van der Waals surface area contributed by atoms with E-state index >= 15 is 0 Å². The molecule has 20 heavy (non-hydrogen) atoms. The van der Waals surface area contributed by atoms with Crippen molar-refractivity contribution < 1.29 is 19.4 Å². The number of rotatable bonds is 5. The molecule has 1 saturated heterocycles. The number of carbonyl (C=O) groups excluding carboxylic acids is 1. The van der Waals surface area contributed by atoms with E-state index in [1.165, 1.54) is 17.4 Å². The topological polar surface area (TPSA) is 75.6 Å². The van der Waals surface area contributed by atoms with E-state index in [4.69, 9.17) is 9.84 Å². The molecule has 2 N–H and O–H groups in total. The molecule has 1 aromatic rings. The third-order valence-electron chi connectivity index (χ3n) is 3.30. The van der Waals surface area contributed by atoms with Crippen LogP contribution in [0.2, 0.25) is 0 Å². The molecule has 2 heterocycles. The second kappa shape index (κ2) is 6.67. The number of hydrogen-bond donors (Lipinski definition) is 2. The third kappa shape index (κ3) is 3.91. The van der Waals surface area contributed by atoms with Crippen molar-refractivity contribution in [3.05, 3.63) is 28.0 Å². The summed E-state index contributed by atoms with van der Waals surface area (Å²) in [5.41, 5.74) is 0. The predicted octanol–water partition coefficient (Wildman–Crippen LogP) is 2.00. The standard InChI is InChI=1S/C14H17NO4S/c1-9-10(6-7-19-9)8-15-14(18)12-4-2-11(20-12)3-5-13(16)17/h2-5,9-10H,6-8H2,1H3,(H,15,18)(H,16,17)/b5-3+. The average molecular weight is 295 g/mol. The third-order valence-corrected chi connectivity index (χ3v) is 4.35. The van der Waals surface area contributed by atoms with Crippen molar-refractivity contribution in [2.75, 3.05) is 13.2 Å². The Morgan fingerprint density at radius 3 is 3.00 bits per heavy atom. The van der Waals surface area contributed by atoms with Crippen LogP contribution < -0.4 is 5.32 Å². The smallest absolute Gasteiger partial charge is 0.328 e. The number of carboxylic acids is 1. The fourth-order valence-electron chi connectivity index (χ4n) is 2.07. The first kappa shape index (κ1) is 14.7. The van der Waals surface area contributed by atoms with Gasteiger partial charge in [-0.3, -0.25) is 4.79 Å². The van der Waals surface area contributed by atoms with Crippen molar-refractivity contribution in [2.45, 2.75) is 19.4 Å². The quantitative estimate of drug-likeness (QED) is 0.815. The van der Waals surface area contributed by atoms with Gasteiger partial charge < -0.3 is 15.2 Å². The van der Waals surface area contributed by atoms with Crippen molar-refractivity contribution in [3.8, 4) is 0 Å². The van der Waals surface area contributed by atoms with Gasteiger partial charge in [0.05, 0.1) is 11.0 Å². The summed E-state index contributed by atoms with van der Waals surface area (Å²) in [7, 11) is 0. The maximum atomic E-state index is 12.0. The number of nitrogens with one attached hydrogen (secondary N) is 1. The Balaban J connectivity index is 1.87. The number of aliphatic carboxylic acids is 1. The highest BCUT2D eigenvalue weighted by Gasteiger charge is 2.24. The summed E-state index contributed by atoms with van der Waals surface area (Å²) in [6, 6.07) is 3.44. The summed E-state index contributed by atoms with van der Waals surface area (Å²) in [5.74, 6) is -0.756. The molecule has 5 nitrogen and oxygen atoms in total. The second-order valence-corrected chi connectivity index (χ2v) is 5.82. The lowest BCUT2D eigenvalue weighted by atomic mass is 10.0. The van der Waals surface area contributed by atoms with Crippen LogP contribution in [0, 0.1) is 5.92 Å². The number of carbonyl (C=O) groups is 2. The average Bonchev–Trinajstić information content (AvgIpc) is 3.02. The molecular weight excluding hydrogens is 278 g/mol. The van der Waals surface area contributed by atoms with Crippen molar-refractivity contribution in [3.63, 3.8) is 0 Å². The Bertz CT molecular complexity index is 523. The Kier molecular flexibility index (Phi) is 4.92. The fourth-order valence-corrected chi connectivity index (χ4v) is 2.90. The van der Waals surface area contributed by atoms with Gasteiger partial charge >= 0.3 is 5.97 Å². The Morgan fingerprint density at radius 2 is 2.35 bits per heavy atom. The van der Waals surface area contributed by atoms with Crippen LogP contribution in [0.3, 0.4) is 0 Å². The van der Waals surface area contributed by atoms with Gasteiger partial charge in [-0.25, -0.2) is 4.79 Å². The monoisotopic (exact) mass is 295 g/mol.